The van der Waals surface area contributed by atoms with Crippen molar-refractivity contribution in [2.24, 2.45) is 0 Å². The number of halogens is 2. The van der Waals surface area contributed by atoms with Gasteiger partial charge < -0.3 is 20.1 Å². The second kappa shape index (κ2) is 4.48. The fourth-order valence-corrected chi connectivity index (χ4v) is 1.94. The Morgan fingerprint density at radius 3 is 2.50 bits per heavy atom. The van der Waals surface area contributed by atoms with Crippen LogP contribution in [0.4, 0.5) is 0 Å². The van der Waals surface area contributed by atoms with Crippen LogP contribution in [-0.4, -0.2) is 49.8 Å². The predicted octanol–water partition coefficient (Wildman–Crippen LogP) is -0.199. The van der Waals surface area contributed by atoms with Crippen molar-refractivity contribution >= 4 is 23.2 Å². The molecule has 0 spiro atoms. The third-order valence-electron chi connectivity index (χ3n) is 2.48. The Labute approximate surface area is 101 Å². The molecule has 0 amide bonds. The summed E-state index contributed by atoms with van der Waals surface area (Å²) in [6.07, 6.45) is -2.82. The second-order valence-corrected chi connectivity index (χ2v) is 4.18. The SMILES string of the molecule is OC[C@H]1OC(n2cnc(Cl)c2Cl)[C@H](O)[C@@H]1O. The summed E-state index contributed by atoms with van der Waals surface area (Å²) in [6.45, 7) is -0.394. The molecule has 16 heavy (non-hydrogen) atoms. The Morgan fingerprint density at radius 2 is 2.06 bits per heavy atom. The van der Waals surface area contributed by atoms with Crippen LogP contribution >= 0.6 is 23.2 Å². The van der Waals surface area contributed by atoms with Crippen LogP contribution in [0.3, 0.4) is 0 Å². The van der Waals surface area contributed by atoms with E-state index in [0.29, 0.717) is 0 Å². The van der Waals surface area contributed by atoms with Crippen LogP contribution < -0.4 is 0 Å². The van der Waals surface area contributed by atoms with E-state index in [0.717, 1.165) is 0 Å². The maximum atomic E-state index is 9.71. The summed E-state index contributed by atoms with van der Waals surface area (Å²) in [5.74, 6) is 0. The average molecular weight is 269 g/mol. The molecule has 4 atom stereocenters. The normalized spacial score (nSPS) is 34.6. The lowest BCUT2D eigenvalue weighted by Gasteiger charge is -2.16. The van der Waals surface area contributed by atoms with Crippen LogP contribution in [0.1, 0.15) is 6.23 Å². The summed E-state index contributed by atoms with van der Waals surface area (Å²) in [4.78, 5) is 3.73. The lowest BCUT2D eigenvalue weighted by molar-refractivity contribution is -0.0526. The number of ether oxygens (including phenoxy) is 1. The maximum Gasteiger partial charge on any atom is 0.166 e. The molecule has 0 radical (unpaired) electrons. The zero-order valence-electron chi connectivity index (χ0n) is 7.99. The first-order valence-corrected chi connectivity index (χ1v) is 5.32. The molecule has 8 heteroatoms. The highest BCUT2D eigenvalue weighted by atomic mass is 35.5. The molecule has 1 aliphatic heterocycles. The molecule has 3 N–H and O–H groups in total. The molecule has 2 rings (SSSR count). The van der Waals surface area contributed by atoms with Crippen molar-refractivity contribution in [3.05, 3.63) is 16.6 Å². The molecule has 1 fully saturated rings. The minimum atomic E-state index is -1.19. The Hall–Kier alpha value is -0.370. The monoisotopic (exact) mass is 268 g/mol. The van der Waals surface area contributed by atoms with Crippen LogP contribution in [0.15, 0.2) is 6.33 Å². The van der Waals surface area contributed by atoms with E-state index in [9.17, 15) is 10.2 Å². The highest BCUT2D eigenvalue weighted by Crippen LogP contribution is 2.33. The molecule has 0 aliphatic carbocycles. The van der Waals surface area contributed by atoms with E-state index in [-0.39, 0.29) is 10.3 Å². The Morgan fingerprint density at radius 1 is 1.38 bits per heavy atom. The van der Waals surface area contributed by atoms with Crippen molar-refractivity contribution in [3.63, 3.8) is 0 Å². The number of rotatable bonds is 2. The average Bonchev–Trinajstić information content (AvgIpc) is 2.73. The summed E-state index contributed by atoms with van der Waals surface area (Å²) in [5.41, 5.74) is 0. The zero-order valence-corrected chi connectivity index (χ0v) is 9.51. The fourth-order valence-electron chi connectivity index (χ4n) is 1.61. The molecule has 1 aromatic heterocycles. The molecule has 1 aliphatic rings. The minimum absolute atomic E-state index is 0.0828. The number of imidazole rings is 1. The number of nitrogens with zero attached hydrogens (tertiary/aromatic N) is 2. The van der Waals surface area contributed by atoms with E-state index in [1.54, 1.807) is 0 Å². The first-order chi connectivity index (χ1) is 7.56. The molecule has 1 aromatic rings. The van der Waals surface area contributed by atoms with E-state index in [1.807, 2.05) is 0 Å². The molecule has 90 valence electrons. The van der Waals surface area contributed by atoms with Gasteiger partial charge in [-0.25, -0.2) is 4.98 Å². The van der Waals surface area contributed by atoms with Crippen molar-refractivity contribution in [1.82, 2.24) is 9.55 Å². The van der Waals surface area contributed by atoms with Crippen molar-refractivity contribution in [1.29, 1.82) is 0 Å². The van der Waals surface area contributed by atoms with Crippen LogP contribution in [0.5, 0.6) is 0 Å². The molecule has 1 saturated heterocycles. The van der Waals surface area contributed by atoms with Crippen molar-refractivity contribution in [2.75, 3.05) is 6.61 Å². The number of hydrogen-bond acceptors (Lipinski definition) is 5. The van der Waals surface area contributed by atoms with Gasteiger partial charge in [0.2, 0.25) is 0 Å². The van der Waals surface area contributed by atoms with E-state index in [2.05, 4.69) is 4.98 Å². The first-order valence-electron chi connectivity index (χ1n) is 4.56. The first kappa shape index (κ1) is 12.1. The van der Waals surface area contributed by atoms with E-state index >= 15 is 0 Å². The minimum Gasteiger partial charge on any atom is -0.394 e. The predicted molar refractivity (Wildman–Crippen MR) is 55.3 cm³/mol. The highest BCUT2D eigenvalue weighted by Gasteiger charge is 2.44. The van der Waals surface area contributed by atoms with Gasteiger partial charge >= 0.3 is 0 Å². The number of aliphatic hydroxyl groups excluding tert-OH is 3. The Bertz CT molecular complexity index is 386. The van der Waals surface area contributed by atoms with E-state index < -0.39 is 31.1 Å². The third kappa shape index (κ3) is 1.81. The van der Waals surface area contributed by atoms with Crippen LogP contribution in [-0.2, 0) is 4.74 Å². The van der Waals surface area contributed by atoms with Gasteiger partial charge in [-0.1, -0.05) is 23.2 Å². The summed E-state index contributed by atoms with van der Waals surface area (Å²) in [6, 6.07) is 0. The van der Waals surface area contributed by atoms with Gasteiger partial charge in [-0.15, -0.1) is 0 Å². The molecule has 0 saturated carbocycles. The van der Waals surface area contributed by atoms with Gasteiger partial charge in [0, 0.05) is 0 Å². The molecule has 1 unspecified atom stereocenters. The number of aliphatic hydroxyl groups is 3. The third-order valence-corrected chi connectivity index (χ3v) is 3.23. The van der Waals surface area contributed by atoms with E-state index in [1.165, 1.54) is 10.9 Å². The van der Waals surface area contributed by atoms with Crippen molar-refractivity contribution < 1.29 is 20.1 Å². The summed E-state index contributed by atoms with van der Waals surface area (Å²) in [7, 11) is 0. The lowest BCUT2D eigenvalue weighted by atomic mass is 10.1. The largest absolute Gasteiger partial charge is 0.394 e. The van der Waals surface area contributed by atoms with Gasteiger partial charge in [0.1, 0.15) is 23.5 Å². The lowest BCUT2D eigenvalue weighted by Crippen LogP contribution is -2.33. The molecule has 0 aromatic carbocycles. The molecule has 6 nitrogen and oxygen atoms in total. The van der Waals surface area contributed by atoms with E-state index in [4.69, 9.17) is 33.0 Å². The van der Waals surface area contributed by atoms with Crippen LogP contribution in [0, 0.1) is 0 Å². The highest BCUT2D eigenvalue weighted by molar-refractivity contribution is 6.40. The van der Waals surface area contributed by atoms with Crippen molar-refractivity contribution in [3.8, 4) is 0 Å². The summed E-state index contributed by atoms with van der Waals surface area (Å²) < 4.78 is 6.54. The van der Waals surface area contributed by atoms with Gasteiger partial charge in [-0.2, -0.15) is 0 Å². The van der Waals surface area contributed by atoms with Crippen LogP contribution in [0.25, 0.3) is 0 Å². The maximum absolute atomic E-state index is 9.71. The number of aromatic nitrogens is 2. The Balaban J connectivity index is 2.26. The van der Waals surface area contributed by atoms with Gasteiger partial charge in [-0.05, 0) is 0 Å². The summed E-state index contributed by atoms with van der Waals surface area (Å²) in [5, 5.41) is 28.4. The van der Waals surface area contributed by atoms with Gasteiger partial charge in [0.05, 0.1) is 12.9 Å². The van der Waals surface area contributed by atoms with Gasteiger partial charge in [-0.3, -0.25) is 4.57 Å². The summed E-state index contributed by atoms with van der Waals surface area (Å²) >= 11 is 11.5. The standard InChI is InChI=1S/C8H10Cl2N2O4/c9-6-7(10)12(2-11-6)8-5(15)4(14)3(1-13)16-8/h2-5,8,13-15H,1H2/t3-,4-,5-,8?/m1/s1. The fraction of sp³-hybridized carbons (Fsp3) is 0.625. The topological polar surface area (TPSA) is 87.7 Å². The smallest absolute Gasteiger partial charge is 0.166 e. The molecule has 2 heterocycles. The van der Waals surface area contributed by atoms with Gasteiger partial charge in [0.25, 0.3) is 0 Å². The molecular weight excluding hydrogens is 259 g/mol. The van der Waals surface area contributed by atoms with Crippen molar-refractivity contribution in [2.45, 2.75) is 24.5 Å². The van der Waals surface area contributed by atoms with Crippen LogP contribution in [0.2, 0.25) is 10.3 Å². The van der Waals surface area contributed by atoms with Gasteiger partial charge in [0.15, 0.2) is 11.4 Å². The Kier molecular flexibility index (Phi) is 3.39. The second-order valence-electron chi connectivity index (χ2n) is 3.46. The quantitative estimate of drug-likeness (QED) is 0.692. The molecule has 0 bridgehead atoms. The molecular formula is C8H10Cl2N2O4. The number of hydrogen-bond donors (Lipinski definition) is 3. The zero-order chi connectivity index (χ0) is 11.9.